The number of fused-ring (bicyclic) bond motifs is 1. The van der Waals surface area contributed by atoms with E-state index in [1.54, 1.807) is 11.3 Å². The molecule has 0 saturated carbocycles. The number of thiazole rings is 1. The second-order valence-corrected chi connectivity index (χ2v) is 9.23. The molecule has 0 radical (unpaired) electrons. The van der Waals surface area contributed by atoms with Crippen molar-refractivity contribution in [2.24, 2.45) is 0 Å². The lowest BCUT2D eigenvalue weighted by Gasteiger charge is -2.32. The van der Waals surface area contributed by atoms with Crippen molar-refractivity contribution in [3.8, 4) is 0 Å². The highest BCUT2D eigenvalue weighted by atomic mass is 32.1. The quantitative estimate of drug-likeness (QED) is 0.418. The van der Waals surface area contributed by atoms with Crippen molar-refractivity contribution >= 4 is 38.3 Å². The Kier molecular flexibility index (Phi) is 6.14. The van der Waals surface area contributed by atoms with Gasteiger partial charge in [-0.2, -0.15) is 0 Å². The molecule has 162 valence electrons. The van der Waals surface area contributed by atoms with Crippen LogP contribution in [0.25, 0.3) is 10.2 Å². The number of benzene rings is 3. The summed E-state index contributed by atoms with van der Waals surface area (Å²) >= 11 is 1.56. The van der Waals surface area contributed by atoms with Gasteiger partial charge in [0.1, 0.15) is 0 Å². The van der Waals surface area contributed by atoms with Crippen molar-refractivity contribution in [1.29, 1.82) is 0 Å². The average molecular weight is 443 g/mol. The summed E-state index contributed by atoms with van der Waals surface area (Å²) in [5.41, 5.74) is 3.94. The number of carbonyl (C=O) groups excluding carboxylic acids is 1. The number of nitrogens with zero attached hydrogens (tertiary/aromatic N) is 2. The van der Waals surface area contributed by atoms with Crippen LogP contribution < -0.4 is 10.6 Å². The molecule has 0 spiro atoms. The van der Waals surface area contributed by atoms with E-state index in [0.717, 1.165) is 53.5 Å². The number of anilines is 2. The maximum Gasteiger partial charge on any atom is 0.251 e. The fraction of sp³-hybridized carbons (Fsp3) is 0.231. The van der Waals surface area contributed by atoms with Gasteiger partial charge >= 0.3 is 0 Å². The molecule has 1 fully saturated rings. The van der Waals surface area contributed by atoms with Crippen molar-refractivity contribution in [3.63, 3.8) is 0 Å². The molecule has 5 nitrogen and oxygen atoms in total. The Bertz CT molecular complexity index is 1180. The van der Waals surface area contributed by atoms with Crippen LogP contribution in [0.4, 0.5) is 10.8 Å². The Hall–Kier alpha value is -3.22. The van der Waals surface area contributed by atoms with Crippen LogP contribution >= 0.6 is 11.3 Å². The molecule has 2 heterocycles. The minimum absolute atomic E-state index is 0.000576. The Labute approximate surface area is 192 Å². The summed E-state index contributed by atoms with van der Waals surface area (Å²) in [5, 5.41) is 7.39. The van der Waals surface area contributed by atoms with E-state index in [-0.39, 0.29) is 11.9 Å². The smallest absolute Gasteiger partial charge is 0.251 e. The van der Waals surface area contributed by atoms with Gasteiger partial charge in [-0.15, -0.1) is 0 Å². The average Bonchev–Trinajstić information content (AvgIpc) is 3.23. The number of likely N-dealkylation sites (tertiary alicyclic amines) is 1. The number of hydrogen-bond donors (Lipinski definition) is 2. The summed E-state index contributed by atoms with van der Waals surface area (Å²) in [6, 6.07) is 26.5. The third-order valence-corrected chi connectivity index (χ3v) is 6.78. The number of aromatic nitrogens is 1. The minimum atomic E-state index is -0.000576. The van der Waals surface area contributed by atoms with Crippen LogP contribution in [-0.2, 0) is 6.54 Å². The fourth-order valence-corrected chi connectivity index (χ4v) is 5.04. The molecule has 1 aliphatic rings. The topological polar surface area (TPSA) is 57.3 Å². The van der Waals surface area contributed by atoms with Crippen LogP contribution in [-0.4, -0.2) is 34.9 Å². The SMILES string of the molecule is O=C(NC1CCN(Cc2ccccc2)CC1)c1ccc2nc(Nc3ccccc3)sc2c1. The Morgan fingerprint density at radius 3 is 2.44 bits per heavy atom. The monoisotopic (exact) mass is 442 g/mol. The third-order valence-electron chi connectivity index (χ3n) is 5.85. The molecule has 2 N–H and O–H groups in total. The third kappa shape index (κ3) is 4.98. The minimum Gasteiger partial charge on any atom is -0.349 e. The van der Waals surface area contributed by atoms with Gasteiger partial charge in [0.2, 0.25) is 0 Å². The summed E-state index contributed by atoms with van der Waals surface area (Å²) in [6.45, 7) is 2.98. The maximum atomic E-state index is 12.9. The lowest BCUT2D eigenvalue weighted by molar-refractivity contribution is 0.0909. The van der Waals surface area contributed by atoms with Crippen LogP contribution in [0.1, 0.15) is 28.8 Å². The molecule has 5 rings (SSSR count). The molecule has 32 heavy (non-hydrogen) atoms. The molecule has 0 atom stereocenters. The molecule has 0 bridgehead atoms. The van der Waals surface area contributed by atoms with Gasteiger partial charge in [-0.1, -0.05) is 59.9 Å². The summed E-state index contributed by atoms with van der Waals surface area (Å²) in [6.07, 6.45) is 1.96. The first-order valence-corrected chi connectivity index (χ1v) is 11.8. The van der Waals surface area contributed by atoms with Crippen LogP contribution in [0.3, 0.4) is 0 Å². The zero-order valence-corrected chi connectivity index (χ0v) is 18.6. The summed E-state index contributed by atoms with van der Waals surface area (Å²) in [5.74, 6) is -0.000576. The number of hydrogen-bond acceptors (Lipinski definition) is 5. The van der Waals surface area contributed by atoms with E-state index in [4.69, 9.17) is 0 Å². The standard InChI is InChI=1S/C26H26N4OS/c31-25(27-22-13-15-30(16-14-22)18-19-7-3-1-4-8-19)20-11-12-23-24(17-20)32-26(29-23)28-21-9-5-2-6-10-21/h1-12,17,22H,13-16,18H2,(H,27,31)(H,28,29). The van der Waals surface area contributed by atoms with Gasteiger partial charge in [0, 0.05) is 36.9 Å². The van der Waals surface area contributed by atoms with Gasteiger partial charge < -0.3 is 10.6 Å². The second kappa shape index (κ2) is 9.51. The summed E-state index contributed by atoms with van der Waals surface area (Å²) in [7, 11) is 0. The first kappa shape index (κ1) is 20.7. The number of para-hydroxylation sites is 1. The summed E-state index contributed by atoms with van der Waals surface area (Å²) in [4.78, 5) is 20.0. The van der Waals surface area contributed by atoms with E-state index < -0.39 is 0 Å². The first-order chi connectivity index (χ1) is 15.7. The maximum absolute atomic E-state index is 12.9. The summed E-state index contributed by atoms with van der Waals surface area (Å²) < 4.78 is 1.01. The fourth-order valence-electron chi connectivity index (χ4n) is 4.11. The predicted octanol–water partition coefficient (Wildman–Crippen LogP) is 5.43. The number of carbonyl (C=O) groups is 1. The van der Waals surface area contributed by atoms with Crippen LogP contribution in [0, 0.1) is 0 Å². The Morgan fingerprint density at radius 1 is 0.969 bits per heavy atom. The molecule has 1 aliphatic heterocycles. The number of nitrogens with one attached hydrogen (secondary N) is 2. The Balaban J connectivity index is 1.18. The van der Waals surface area contributed by atoms with Crippen molar-refractivity contribution in [2.45, 2.75) is 25.4 Å². The lowest BCUT2D eigenvalue weighted by atomic mass is 10.0. The second-order valence-electron chi connectivity index (χ2n) is 8.20. The molecule has 0 unspecified atom stereocenters. The van der Waals surface area contributed by atoms with E-state index in [0.29, 0.717) is 5.56 Å². The highest BCUT2D eigenvalue weighted by Crippen LogP contribution is 2.29. The van der Waals surface area contributed by atoms with Gasteiger partial charge in [0.15, 0.2) is 5.13 Å². The van der Waals surface area contributed by atoms with E-state index in [1.807, 2.05) is 48.5 Å². The number of rotatable bonds is 6. The molecule has 6 heteroatoms. The molecule has 1 amide bonds. The van der Waals surface area contributed by atoms with Crippen LogP contribution in [0.5, 0.6) is 0 Å². The van der Waals surface area contributed by atoms with E-state index in [2.05, 4.69) is 50.8 Å². The first-order valence-electron chi connectivity index (χ1n) is 11.0. The van der Waals surface area contributed by atoms with Crippen LogP contribution in [0.2, 0.25) is 0 Å². The van der Waals surface area contributed by atoms with Gasteiger partial charge in [-0.05, 0) is 48.7 Å². The molecule has 4 aromatic rings. The van der Waals surface area contributed by atoms with E-state index in [9.17, 15) is 4.79 Å². The van der Waals surface area contributed by atoms with Crippen LogP contribution in [0.15, 0.2) is 78.9 Å². The normalized spacial score (nSPS) is 15.0. The molecule has 3 aromatic carbocycles. The van der Waals surface area contributed by atoms with Gasteiger partial charge in [-0.3, -0.25) is 9.69 Å². The zero-order chi connectivity index (χ0) is 21.8. The highest BCUT2D eigenvalue weighted by molar-refractivity contribution is 7.22. The predicted molar refractivity (Wildman–Crippen MR) is 132 cm³/mol. The van der Waals surface area contributed by atoms with Crippen molar-refractivity contribution in [2.75, 3.05) is 18.4 Å². The highest BCUT2D eigenvalue weighted by Gasteiger charge is 2.21. The van der Waals surface area contributed by atoms with Crippen molar-refractivity contribution < 1.29 is 4.79 Å². The van der Waals surface area contributed by atoms with Crippen molar-refractivity contribution in [3.05, 3.63) is 90.0 Å². The molecular weight excluding hydrogens is 416 g/mol. The molecule has 1 saturated heterocycles. The number of amides is 1. The molecule has 1 aromatic heterocycles. The molecule has 0 aliphatic carbocycles. The van der Waals surface area contributed by atoms with E-state index >= 15 is 0 Å². The lowest BCUT2D eigenvalue weighted by Crippen LogP contribution is -2.44. The van der Waals surface area contributed by atoms with Gasteiger partial charge in [-0.25, -0.2) is 4.98 Å². The zero-order valence-electron chi connectivity index (χ0n) is 17.8. The number of piperidine rings is 1. The van der Waals surface area contributed by atoms with Gasteiger partial charge in [0.05, 0.1) is 10.2 Å². The van der Waals surface area contributed by atoms with Crippen molar-refractivity contribution in [1.82, 2.24) is 15.2 Å². The Morgan fingerprint density at radius 2 is 1.69 bits per heavy atom. The molecular formula is C26H26N4OS. The van der Waals surface area contributed by atoms with E-state index in [1.165, 1.54) is 5.56 Å². The van der Waals surface area contributed by atoms with Gasteiger partial charge in [0.25, 0.3) is 5.91 Å². The largest absolute Gasteiger partial charge is 0.349 e.